The van der Waals surface area contributed by atoms with Gasteiger partial charge in [0.05, 0.1) is 12.8 Å². The summed E-state index contributed by atoms with van der Waals surface area (Å²) in [5.74, 6) is -1.88. The molecule has 0 saturated heterocycles. The van der Waals surface area contributed by atoms with Gasteiger partial charge in [-0.3, -0.25) is 9.59 Å². The molecule has 0 aromatic rings. The second-order valence-corrected chi connectivity index (χ2v) is 8.05. The summed E-state index contributed by atoms with van der Waals surface area (Å²) in [5.41, 5.74) is 0.557. The Balaban J connectivity index is 4.35. The van der Waals surface area contributed by atoms with E-state index in [4.69, 9.17) is 18.9 Å². The SMILES string of the molecule is C=C(C)C(=O)OC(C)COC(=O)CCN(CCCC)CCC(=O)OCC(C)OC(=O)C(=C)C. The lowest BCUT2D eigenvalue weighted by Gasteiger charge is -2.22. The molecule has 0 aliphatic rings. The van der Waals surface area contributed by atoms with E-state index in [1.165, 1.54) is 0 Å². The molecule has 33 heavy (non-hydrogen) atoms. The Labute approximate surface area is 197 Å². The Morgan fingerprint density at radius 2 is 1.15 bits per heavy atom. The van der Waals surface area contributed by atoms with Gasteiger partial charge < -0.3 is 23.8 Å². The third-order valence-electron chi connectivity index (χ3n) is 4.36. The lowest BCUT2D eigenvalue weighted by Crippen LogP contribution is -2.31. The molecular weight excluding hydrogens is 430 g/mol. The van der Waals surface area contributed by atoms with Gasteiger partial charge in [-0.05, 0) is 40.7 Å². The molecule has 0 fully saturated rings. The van der Waals surface area contributed by atoms with E-state index in [0.717, 1.165) is 19.4 Å². The van der Waals surface area contributed by atoms with E-state index < -0.39 is 36.1 Å². The zero-order valence-corrected chi connectivity index (χ0v) is 20.6. The van der Waals surface area contributed by atoms with Crippen LogP contribution in [0, 0.1) is 0 Å². The van der Waals surface area contributed by atoms with Crippen molar-refractivity contribution in [3.63, 3.8) is 0 Å². The minimum Gasteiger partial charge on any atom is -0.462 e. The molecule has 0 radical (unpaired) electrons. The van der Waals surface area contributed by atoms with E-state index in [-0.39, 0.29) is 37.2 Å². The summed E-state index contributed by atoms with van der Waals surface area (Å²) in [5, 5.41) is 0. The third kappa shape index (κ3) is 15.7. The van der Waals surface area contributed by atoms with Crippen molar-refractivity contribution in [1.82, 2.24) is 4.90 Å². The van der Waals surface area contributed by atoms with E-state index >= 15 is 0 Å². The van der Waals surface area contributed by atoms with Gasteiger partial charge in [0.2, 0.25) is 0 Å². The van der Waals surface area contributed by atoms with Gasteiger partial charge >= 0.3 is 23.9 Å². The predicted molar refractivity (Wildman–Crippen MR) is 123 cm³/mol. The summed E-state index contributed by atoms with van der Waals surface area (Å²) in [6.07, 6.45) is 1.05. The fraction of sp³-hybridized carbons (Fsp3) is 0.667. The van der Waals surface area contributed by atoms with Gasteiger partial charge in [-0.1, -0.05) is 26.5 Å². The fourth-order valence-electron chi connectivity index (χ4n) is 2.42. The highest BCUT2D eigenvalue weighted by Crippen LogP contribution is 2.04. The van der Waals surface area contributed by atoms with Crippen LogP contribution < -0.4 is 0 Å². The topological polar surface area (TPSA) is 108 Å². The molecule has 188 valence electrons. The van der Waals surface area contributed by atoms with Crippen LogP contribution in [-0.2, 0) is 38.1 Å². The summed E-state index contributed by atoms with van der Waals surface area (Å²) < 4.78 is 20.5. The van der Waals surface area contributed by atoms with Crippen molar-refractivity contribution in [3.05, 3.63) is 24.3 Å². The highest BCUT2D eigenvalue weighted by molar-refractivity contribution is 5.87. The summed E-state index contributed by atoms with van der Waals surface area (Å²) >= 11 is 0. The van der Waals surface area contributed by atoms with Crippen molar-refractivity contribution in [2.75, 3.05) is 32.8 Å². The lowest BCUT2D eigenvalue weighted by atomic mass is 10.2. The number of hydrogen-bond acceptors (Lipinski definition) is 9. The molecular formula is C24H39NO8. The monoisotopic (exact) mass is 469 g/mol. The molecule has 0 rings (SSSR count). The summed E-state index contributed by atoms with van der Waals surface area (Å²) in [7, 11) is 0. The van der Waals surface area contributed by atoms with Gasteiger partial charge in [0.1, 0.15) is 25.4 Å². The maximum Gasteiger partial charge on any atom is 0.333 e. The Hall–Kier alpha value is -2.68. The van der Waals surface area contributed by atoms with Crippen molar-refractivity contribution in [2.45, 2.75) is 72.5 Å². The maximum atomic E-state index is 12.1. The van der Waals surface area contributed by atoms with E-state index in [2.05, 4.69) is 20.1 Å². The number of ether oxygens (including phenoxy) is 4. The van der Waals surface area contributed by atoms with Crippen LogP contribution in [0.1, 0.15) is 60.3 Å². The molecule has 2 unspecified atom stereocenters. The van der Waals surface area contributed by atoms with Crippen LogP contribution in [0.3, 0.4) is 0 Å². The number of rotatable bonds is 17. The van der Waals surface area contributed by atoms with E-state index in [0.29, 0.717) is 13.1 Å². The number of carbonyl (C=O) groups is 4. The largest absolute Gasteiger partial charge is 0.462 e. The Bertz CT molecular complexity index is 634. The molecule has 0 bridgehead atoms. The normalized spacial score (nSPS) is 12.4. The van der Waals surface area contributed by atoms with Crippen molar-refractivity contribution >= 4 is 23.9 Å². The fourth-order valence-corrected chi connectivity index (χ4v) is 2.42. The van der Waals surface area contributed by atoms with E-state index in [1.54, 1.807) is 27.7 Å². The summed E-state index contributed by atoms with van der Waals surface area (Å²) in [6, 6.07) is 0. The second-order valence-electron chi connectivity index (χ2n) is 8.05. The Morgan fingerprint density at radius 1 is 0.758 bits per heavy atom. The van der Waals surface area contributed by atoms with Crippen molar-refractivity contribution in [2.24, 2.45) is 0 Å². The van der Waals surface area contributed by atoms with Crippen LogP contribution in [0.25, 0.3) is 0 Å². The molecule has 9 nitrogen and oxygen atoms in total. The molecule has 0 aromatic heterocycles. The van der Waals surface area contributed by atoms with Gasteiger partial charge in [-0.25, -0.2) is 9.59 Å². The first-order valence-electron chi connectivity index (χ1n) is 11.2. The van der Waals surface area contributed by atoms with Gasteiger partial charge in [0, 0.05) is 24.2 Å². The van der Waals surface area contributed by atoms with Crippen molar-refractivity contribution < 1.29 is 38.1 Å². The highest BCUT2D eigenvalue weighted by Gasteiger charge is 2.16. The smallest absolute Gasteiger partial charge is 0.333 e. The molecule has 0 heterocycles. The van der Waals surface area contributed by atoms with Crippen molar-refractivity contribution in [1.29, 1.82) is 0 Å². The molecule has 0 aliphatic carbocycles. The van der Waals surface area contributed by atoms with Gasteiger partial charge in [0.25, 0.3) is 0 Å². The number of hydrogen-bond donors (Lipinski definition) is 0. The average Bonchev–Trinajstić information content (AvgIpc) is 2.75. The second kappa shape index (κ2) is 16.9. The van der Waals surface area contributed by atoms with Crippen LogP contribution in [0.5, 0.6) is 0 Å². The minimum atomic E-state index is -0.568. The first-order chi connectivity index (χ1) is 15.5. The zero-order chi connectivity index (χ0) is 25.4. The first kappa shape index (κ1) is 30.3. The van der Waals surface area contributed by atoms with Gasteiger partial charge in [0.15, 0.2) is 0 Å². The number of esters is 4. The molecule has 0 aromatic carbocycles. The van der Waals surface area contributed by atoms with Crippen LogP contribution in [0.4, 0.5) is 0 Å². The standard InChI is InChI=1S/C24H39NO8/c1-8-9-12-25(13-10-21(26)30-15-19(6)32-23(28)17(2)3)14-11-22(27)31-16-20(7)33-24(29)18(4)5/h19-20H,2,4,8-16H2,1,3,5-7H3. The van der Waals surface area contributed by atoms with E-state index in [1.807, 2.05) is 4.90 Å². The van der Waals surface area contributed by atoms with Crippen molar-refractivity contribution in [3.8, 4) is 0 Å². The van der Waals surface area contributed by atoms with Gasteiger partial charge in [-0.15, -0.1) is 0 Å². The van der Waals surface area contributed by atoms with Crippen LogP contribution >= 0.6 is 0 Å². The highest BCUT2D eigenvalue weighted by atomic mass is 16.6. The molecule has 0 aliphatic heterocycles. The number of nitrogens with zero attached hydrogens (tertiary/aromatic N) is 1. The van der Waals surface area contributed by atoms with E-state index in [9.17, 15) is 19.2 Å². The predicted octanol–water partition coefficient (Wildman–Crippen LogP) is 2.97. The zero-order valence-electron chi connectivity index (χ0n) is 20.6. The maximum absolute atomic E-state index is 12.1. The number of carbonyl (C=O) groups excluding carboxylic acids is 4. The summed E-state index contributed by atoms with van der Waals surface area (Å²) in [6.45, 7) is 16.9. The Kier molecular flexibility index (Phi) is 15.5. The average molecular weight is 470 g/mol. The molecule has 0 N–H and O–H groups in total. The summed E-state index contributed by atoms with van der Waals surface area (Å²) in [4.78, 5) is 49.0. The first-order valence-corrected chi connectivity index (χ1v) is 11.2. The van der Waals surface area contributed by atoms with Gasteiger partial charge in [-0.2, -0.15) is 0 Å². The minimum absolute atomic E-state index is 0.0344. The lowest BCUT2D eigenvalue weighted by molar-refractivity contribution is -0.156. The van der Waals surface area contributed by atoms with Crippen LogP contribution in [0.15, 0.2) is 24.3 Å². The molecule has 0 spiro atoms. The molecule has 9 heteroatoms. The molecule has 2 atom stereocenters. The Morgan fingerprint density at radius 3 is 1.48 bits per heavy atom. The molecule has 0 saturated carbocycles. The third-order valence-corrected chi connectivity index (χ3v) is 4.36. The van der Waals surface area contributed by atoms with Crippen LogP contribution in [-0.4, -0.2) is 73.8 Å². The molecule has 0 amide bonds. The quantitative estimate of drug-likeness (QED) is 0.180. The van der Waals surface area contributed by atoms with Crippen LogP contribution in [0.2, 0.25) is 0 Å². The number of unbranched alkanes of at least 4 members (excludes halogenated alkanes) is 1.